The Hall–Kier alpha value is -3.70. The van der Waals surface area contributed by atoms with Gasteiger partial charge in [-0.2, -0.15) is 0 Å². The fourth-order valence-corrected chi connectivity index (χ4v) is 3.66. The van der Waals surface area contributed by atoms with Crippen molar-refractivity contribution in [3.05, 3.63) is 109 Å². The first kappa shape index (κ1) is 41.4. The van der Waals surface area contributed by atoms with E-state index < -0.39 is 0 Å². The van der Waals surface area contributed by atoms with Gasteiger partial charge in [-0.15, -0.1) is 19.4 Å². The average Bonchev–Trinajstić information content (AvgIpc) is 3.02. The zero-order valence-electron chi connectivity index (χ0n) is 25.9. The minimum Gasteiger partial charge on any atom is -0.476 e. The Bertz CT molecular complexity index is 1060. The smallest absolute Gasteiger partial charge is 0.188 e. The highest BCUT2D eigenvalue weighted by Crippen LogP contribution is 2.18. The maximum Gasteiger partial charge on any atom is 0.188 e. The van der Waals surface area contributed by atoms with Crippen LogP contribution in [0.5, 0.6) is 0 Å². The van der Waals surface area contributed by atoms with Gasteiger partial charge in [0.15, 0.2) is 5.90 Å². The molecule has 8 heteroatoms. The highest BCUT2D eigenvalue weighted by atomic mass is 35.5. The number of amidine groups is 1. The zero-order valence-corrected chi connectivity index (χ0v) is 26.6. The van der Waals surface area contributed by atoms with E-state index in [0.29, 0.717) is 55.5 Å². The van der Waals surface area contributed by atoms with Crippen molar-refractivity contribution in [1.29, 1.82) is 0 Å². The van der Waals surface area contributed by atoms with Crippen molar-refractivity contribution >= 4 is 23.3 Å². The van der Waals surface area contributed by atoms with E-state index in [-0.39, 0.29) is 12.5 Å². The maximum absolute atomic E-state index is 12.7. The van der Waals surface area contributed by atoms with Gasteiger partial charge in [0.2, 0.25) is 0 Å². The zero-order chi connectivity index (χ0) is 32.7. The van der Waals surface area contributed by atoms with Crippen molar-refractivity contribution in [1.82, 2.24) is 4.90 Å². The molecule has 0 saturated carbocycles. The third-order valence-corrected chi connectivity index (χ3v) is 5.90. The van der Waals surface area contributed by atoms with Gasteiger partial charge in [-0.05, 0) is 75.5 Å². The van der Waals surface area contributed by atoms with Crippen LogP contribution in [0.15, 0.2) is 119 Å². The summed E-state index contributed by atoms with van der Waals surface area (Å²) in [7, 11) is 0. The number of allylic oxidation sites excluding steroid dienone is 9. The Morgan fingerprint density at radius 2 is 1.88 bits per heavy atom. The quantitative estimate of drug-likeness (QED) is 0.0341. The van der Waals surface area contributed by atoms with Gasteiger partial charge in [-0.1, -0.05) is 55.5 Å². The first-order valence-electron chi connectivity index (χ1n) is 14.2. The molecule has 0 aliphatic rings. The highest BCUT2D eigenvalue weighted by molar-refractivity contribution is 6.29. The summed E-state index contributed by atoms with van der Waals surface area (Å²) < 4.78 is 18.6. The standard InChI is InChI=1S/C33H48ClFN4O2.C2H2/c1-6-10-15-29(18-19-30(27-36)33(38-23-7-2)41-26-21-28(5)34)20-24-37-32(17-12-11-13-25-40)39(9-4)31(8-3)16-14-22-35;1-2/h6-10,14-16,20-22,24,30,40H,2-4,11-13,17-19,23,25-27,36H2,1,5H3;1-2H/b10-6+,22-14+,24-20+,28-21+,29-15-,31-16+,37-32?,38-33?;. The first-order chi connectivity index (χ1) is 20.9. The molecule has 0 aromatic heterocycles. The monoisotopic (exact) mass is 612 g/mol. The van der Waals surface area contributed by atoms with Crippen molar-refractivity contribution in [3.63, 3.8) is 0 Å². The molecule has 0 aromatic carbocycles. The molecule has 1 unspecified atom stereocenters. The molecule has 0 aliphatic carbocycles. The topological polar surface area (TPSA) is 83.4 Å². The summed E-state index contributed by atoms with van der Waals surface area (Å²) in [6, 6.07) is 0. The number of ether oxygens (including phenoxy) is 1. The summed E-state index contributed by atoms with van der Waals surface area (Å²) in [5.41, 5.74) is 7.82. The molecule has 0 saturated heterocycles. The van der Waals surface area contributed by atoms with Crippen molar-refractivity contribution in [2.75, 3.05) is 26.3 Å². The van der Waals surface area contributed by atoms with Gasteiger partial charge >= 0.3 is 0 Å². The van der Waals surface area contributed by atoms with Gasteiger partial charge in [-0.25, -0.2) is 9.38 Å². The number of rotatable bonds is 21. The van der Waals surface area contributed by atoms with Crippen LogP contribution in [0.3, 0.4) is 0 Å². The largest absolute Gasteiger partial charge is 0.476 e. The van der Waals surface area contributed by atoms with Crippen LogP contribution in [0.4, 0.5) is 4.39 Å². The molecule has 0 rings (SSSR count). The lowest BCUT2D eigenvalue weighted by Gasteiger charge is -2.23. The molecule has 0 radical (unpaired) electrons. The molecule has 43 heavy (non-hydrogen) atoms. The highest BCUT2D eigenvalue weighted by Gasteiger charge is 2.16. The van der Waals surface area contributed by atoms with E-state index >= 15 is 0 Å². The summed E-state index contributed by atoms with van der Waals surface area (Å²) in [6.07, 6.45) is 32.3. The second-order valence-corrected chi connectivity index (χ2v) is 9.47. The molecule has 0 amide bonds. The van der Waals surface area contributed by atoms with E-state index in [2.05, 4.69) is 37.6 Å². The van der Waals surface area contributed by atoms with Crippen LogP contribution in [0.25, 0.3) is 0 Å². The molecule has 0 spiro atoms. The van der Waals surface area contributed by atoms with Crippen LogP contribution in [-0.4, -0.2) is 48.0 Å². The molecule has 3 N–H and O–H groups in total. The Labute approximate surface area is 264 Å². The fraction of sp³-hybridized carbons (Fsp3) is 0.371. The number of nitrogens with two attached hydrogens (primary N) is 1. The Morgan fingerprint density at radius 3 is 2.44 bits per heavy atom. The predicted molar refractivity (Wildman–Crippen MR) is 185 cm³/mol. The molecular weight excluding hydrogens is 563 g/mol. The van der Waals surface area contributed by atoms with Crippen molar-refractivity contribution < 1.29 is 14.2 Å². The van der Waals surface area contributed by atoms with Crippen molar-refractivity contribution in [2.24, 2.45) is 21.6 Å². The van der Waals surface area contributed by atoms with Gasteiger partial charge in [-0.3, -0.25) is 4.99 Å². The number of nitrogens with zero attached hydrogens (tertiary/aromatic N) is 3. The molecule has 0 heterocycles. The number of hydrogen-bond donors (Lipinski definition) is 2. The lowest BCUT2D eigenvalue weighted by molar-refractivity contribution is 0.283. The van der Waals surface area contributed by atoms with Gasteiger partial charge in [0.1, 0.15) is 12.4 Å². The molecule has 6 nitrogen and oxygen atoms in total. The van der Waals surface area contributed by atoms with E-state index in [0.717, 1.165) is 37.1 Å². The third kappa shape index (κ3) is 20.8. The second kappa shape index (κ2) is 29.8. The Kier molecular flexibility index (Phi) is 28.7. The first-order valence-corrected chi connectivity index (χ1v) is 14.6. The molecule has 0 bridgehead atoms. The van der Waals surface area contributed by atoms with Crippen molar-refractivity contribution in [2.45, 2.75) is 52.4 Å². The van der Waals surface area contributed by atoms with Crippen LogP contribution >= 0.6 is 11.6 Å². The van der Waals surface area contributed by atoms with Gasteiger partial charge in [0.05, 0.1) is 12.9 Å². The summed E-state index contributed by atoms with van der Waals surface area (Å²) in [4.78, 5) is 11.1. The molecule has 0 fully saturated rings. The number of aliphatic imine (C=N–C) groups is 2. The fourth-order valence-electron chi connectivity index (χ4n) is 3.59. The minimum absolute atomic E-state index is 0.0768. The summed E-state index contributed by atoms with van der Waals surface area (Å²) in [5, 5.41) is 9.80. The van der Waals surface area contributed by atoms with Crippen molar-refractivity contribution in [3.8, 4) is 12.8 Å². The van der Waals surface area contributed by atoms with E-state index in [1.807, 2.05) is 31.2 Å². The van der Waals surface area contributed by atoms with Crippen LogP contribution in [0, 0.1) is 18.8 Å². The van der Waals surface area contributed by atoms with Gasteiger partial charge < -0.3 is 20.5 Å². The lowest BCUT2D eigenvalue weighted by atomic mass is 9.98. The molecule has 236 valence electrons. The van der Waals surface area contributed by atoms with E-state index in [1.54, 1.807) is 48.5 Å². The van der Waals surface area contributed by atoms with Gasteiger partial charge in [0, 0.05) is 48.6 Å². The Balaban J connectivity index is 0. The van der Waals surface area contributed by atoms with E-state index in [4.69, 9.17) is 32.2 Å². The third-order valence-electron chi connectivity index (χ3n) is 5.75. The Morgan fingerprint density at radius 1 is 1.14 bits per heavy atom. The predicted octanol–water partition coefficient (Wildman–Crippen LogP) is 8.30. The minimum atomic E-state index is -0.0768. The molecule has 1 atom stereocenters. The number of hydrogen-bond acceptors (Lipinski definition) is 5. The maximum atomic E-state index is 12.7. The molecule has 0 aromatic rings. The van der Waals surface area contributed by atoms with Crippen LogP contribution in [0.2, 0.25) is 0 Å². The number of aliphatic hydroxyl groups is 1. The number of unbranched alkanes of at least 4 members (excludes halogenated alkanes) is 2. The average molecular weight is 613 g/mol. The normalized spacial score (nSPS) is 14.1. The van der Waals surface area contributed by atoms with E-state index in [9.17, 15) is 4.39 Å². The van der Waals surface area contributed by atoms with Crippen LogP contribution in [0.1, 0.15) is 52.4 Å². The summed E-state index contributed by atoms with van der Waals surface area (Å²) in [5.74, 6) is 1.24. The molecular formula is C35H50ClFN4O2. The van der Waals surface area contributed by atoms with E-state index in [1.165, 1.54) is 6.08 Å². The molecule has 0 aliphatic heterocycles. The summed E-state index contributed by atoms with van der Waals surface area (Å²) in [6.45, 7) is 16.5. The number of aliphatic hydroxyl groups excluding tert-OH is 1. The number of terminal acetylenes is 1. The lowest BCUT2D eigenvalue weighted by Crippen LogP contribution is -2.26. The van der Waals surface area contributed by atoms with Crippen LogP contribution < -0.4 is 5.73 Å². The SMILES string of the molecule is C#C.C=CCN=C(OC/C=C(\C)Cl)C(CN)CCC(=C/C=C/C)/C=C/N=C(CCCCCO)N(C=C)/C(C=C)=C/C=C/F. The number of halogens is 2. The summed E-state index contributed by atoms with van der Waals surface area (Å²) >= 11 is 5.94. The van der Waals surface area contributed by atoms with Crippen LogP contribution in [-0.2, 0) is 4.74 Å². The van der Waals surface area contributed by atoms with Gasteiger partial charge in [0.25, 0.3) is 0 Å². The second-order valence-electron chi connectivity index (χ2n) is 8.87.